The molecule has 1 saturated heterocycles. The SMILES string of the molecule is CCc1cc(C(C)O)c(C2C(O)C(=S)C(=O)OC2(CCc2ccccc2)c2ccccc2)cc1CC. The molecule has 1 aliphatic heterocycles. The quantitative estimate of drug-likeness (QED) is 0.303. The van der Waals surface area contributed by atoms with Crippen LogP contribution in [0.3, 0.4) is 0 Å². The summed E-state index contributed by atoms with van der Waals surface area (Å²) in [7, 11) is 0. The maximum absolute atomic E-state index is 13.1. The van der Waals surface area contributed by atoms with Gasteiger partial charge in [-0.25, -0.2) is 4.79 Å². The Labute approximate surface area is 219 Å². The van der Waals surface area contributed by atoms with Gasteiger partial charge >= 0.3 is 5.97 Å². The summed E-state index contributed by atoms with van der Waals surface area (Å²) in [6.45, 7) is 5.93. The lowest BCUT2D eigenvalue weighted by Crippen LogP contribution is -2.54. The van der Waals surface area contributed by atoms with Crippen LogP contribution in [0.1, 0.15) is 72.6 Å². The molecule has 1 fully saturated rings. The van der Waals surface area contributed by atoms with Gasteiger partial charge in [0.1, 0.15) is 16.6 Å². The van der Waals surface area contributed by atoms with Gasteiger partial charge < -0.3 is 14.9 Å². The normalized spacial score (nSPS) is 22.8. The molecule has 4 nitrogen and oxygen atoms in total. The molecule has 0 radical (unpaired) electrons. The minimum Gasteiger partial charge on any atom is -0.449 e. The summed E-state index contributed by atoms with van der Waals surface area (Å²) in [6.07, 6.45) is 0.737. The highest BCUT2D eigenvalue weighted by atomic mass is 32.1. The third-order valence-electron chi connectivity index (χ3n) is 7.41. The molecule has 4 unspecified atom stereocenters. The topological polar surface area (TPSA) is 66.8 Å². The fourth-order valence-electron chi connectivity index (χ4n) is 5.53. The van der Waals surface area contributed by atoms with Gasteiger partial charge in [-0.15, -0.1) is 0 Å². The number of rotatable bonds is 8. The Morgan fingerprint density at radius 2 is 1.56 bits per heavy atom. The first-order valence-corrected chi connectivity index (χ1v) is 13.1. The number of carbonyl (C=O) groups is 1. The number of aliphatic hydroxyl groups excluding tert-OH is 2. The van der Waals surface area contributed by atoms with E-state index in [2.05, 4.69) is 19.9 Å². The lowest BCUT2D eigenvalue weighted by atomic mass is 9.67. The van der Waals surface area contributed by atoms with Crippen LogP contribution in [0.25, 0.3) is 0 Å². The Bertz CT molecular complexity index is 1220. The second-order valence-corrected chi connectivity index (χ2v) is 9.99. The van der Waals surface area contributed by atoms with Crippen molar-refractivity contribution in [3.8, 4) is 0 Å². The Hall–Kier alpha value is -2.86. The maximum atomic E-state index is 13.1. The van der Waals surface area contributed by atoms with Gasteiger partial charge in [-0.1, -0.05) is 98.9 Å². The number of carbonyl (C=O) groups excluding carboxylic acids is 1. The van der Waals surface area contributed by atoms with Crippen LogP contribution < -0.4 is 0 Å². The van der Waals surface area contributed by atoms with E-state index in [9.17, 15) is 15.0 Å². The van der Waals surface area contributed by atoms with E-state index < -0.39 is 29.7 Å². The van der Waals surface area contributed by atoms with E-state index in [4.69, 9.17) is 17.0 Å². The summed E-state index contributed by atoms with van der Waals surface area (Å²) in [5.74, 6) is -1.33. The van der Waals surface area contributed by atoms with E-state index in [1.165, 1.54) is 0 Å². The molecule has 36 heavy (non-hydrogen) atoms. The molecule has 188 valence electrons. The second kappa shape index (κ2) is 11.0. The lowest BCUT2D eigenvalue weighted by molar-refractivity contribution is -0.165. The van der Waals surface area contributed by atoms with Crippen LogP contribution in [0.4, 0.5) is 0 Å². The molecular weight excluding hydrogens is 468 g/mol. The van der Waals surface area contributed by atoms with Crippen LogP contribution in [-0.4, -0.2) is 27.2 Å². The molecule has 0 saturated carbocycles. The van der Waals surface area contributed by atoms with E-state index in [0.29, 0.717) is 12.8 Å². The molecule has 0 aromatic heterocycles. The number of thiocarbonyl (C=S) groups is 1. The monoisotopic (exact) mass is 502 g/mol. The van der Waals surface area contributed by atoms with Crippen LogP contribution in [0, 0.1) is 0 Å². The highest BCUT2D eigenvalue weighted by molar-refractivity contribution is 7.82. The third kappa shape index (κ3) is 4.88. The van der Waals surface area contributed by atoms with Gasteiger partial charge in [-0.05, 0) is 66.0 Å². The summed E-state index contributed by atoms with van der Waals surface area (Å²) in [5, 5.41) is 22.5. The molecule has 2 N–H and O–H groups in total. The van der Waals surface area contributed by atoms with E-state index in [1.54, 1.807) is 6.92 Å². The lowest BCUT2D eigenvalue weighted by Gasteiger charge is -2.47. The molecule has 4 rings (SSSR count). The van der Waals surface area contributed by atoms with Crippen LogP contribution in [0.2, 0.25) is 0 Å². The largest absolute Gasteiger partial charge is 0.449 e. The first-order valence-electron chi connectivity index (χ1n) is 12.7. The molecule has 0 aliphatic carbocycles. The minimum atomic E-state index is -1.23. The van der Waals surface area contributed by atoms with Crippen LogP contribution in [0.15, 0.2) is 72.8 Å². The Morgan fingerprint density at radius 1 is 0.972 bits per heavy atom. The van der Waals surface area contributed by atoms with Gasteiger partial charge in [-0.2, -0.15) is 0 Å². The van der Waals surface area contributed by atoms with Gasteiger partial charge in [0.15, 0.2) is 0 Å². The van der Waals surface area contributed by atoms with Gasteiger partial charge in [-0.3, -0.25) is 0 Å². The predicted octanol–water partition coefficient (Wildman–Crippen LogP) is 5.76. The second-order valence-electron chi connectivity index (χ2n) is 9.55. The van der Waals surface area contributed by atoms with Crippen molar-refractivity contribution in [3.63, 3.8) is 0 Å². The first-order chi connectivity index (χ1) is 17.3. The van der Waals surface area contributed by atoms with Crippen LogP contribution in [-0.2, 0) is 34.4 Å². The highest BCUT2D eigenvalue weighted by Crippen LogP contribution is 2.50. The number of aliphatic hydroxyl groups is 2. The zero-order valence-corrected chi connectivity index (χ0v) is 21.9. The Morgan fingerprint density at radius 3 is 2.14 bits per heavy atom. The number of cyclic esters (lactones) is 1. The molecule has 1 heterocycles. The summed E-state index contributed by atoms with van der Waals surface area (Å²) in [5.41, 5.74) is 4.56. The van der Waals surface area contributed by atoms with Gasteiger partial charge in [0.25, 0.3) is 0 Å². The molecule has 1 aliphatic rings. The number of aryl methyl sites for hydroxylation is 3. The molecule has 0 amide bonds. The van der Waals surface area contributed by atoms with E-state index >= 15 is 0 Å². The van der Waals surface area contributed by atoms with Crippen molar-refractivity contribution in [2.24, 2.45) is 0 Å². The Kier molecular flexibility index (Phi) is 8.04. The van der Waals surface area contributed by atoms with Crippen molar-refractivity contribution in [2.75, 3.05) is 0 Å². The van der Waals surface area contributed by atoms with Crippen molar-refractivity contribution in [2.45, 2.75) is 70.2 Å². The number of benzene rings is 3. The molecule has 5 heteroatoms. The van der Waals surface area contributed by atoms with Crippen LogP contribution in [0.5, 0.6) is 0 Å². The van der Waals surface area contributed by atoms with E-state index in [0.717, 1.165) is 46.2 Å². The standard InChI is InChI=1S/C31H34O4S/c1-4-22-18-25(20(3)32)26(19-23(22)5-2)27-28(33)29(36)30(34)35-31(27,24-14-10-7-11-15-24)17-16-21-12-8-6-9-13-21/h6-15,18-20,27-28,32-33H,4-5,16-17H2,1-3H3. The third-order valence-corrected chi connectivity index (χ3v) is 7.81. The molecule has 4 atom stereocenters. The fourth-order valence-corrected chi connectivity index (χ4v) is 5.71. The van der Waals surface area contributed by atoms with Crippen molar-refractivity contribution >= 4 is 23.1 Å². The average molecular weight is 503 g/mol. The van der Waals surface area contributed by atoms with E-state index in [1.807, 2.05) is 66.7 Å². The molecule has 0 bridgehead atoms. The average Bonchev–Trinajstić information content (AvgIpc) is 2.91. The van der Waals surface area contributed by atoms with E-state index in [-0.39, 0.29) is 4.86 Å². The van der Waals surface area contributed by atoms with Gasteiger partial charge in [0.2, 0.25) is 0 Å². The highest BCUT2D eigenvalue weighted by Gasteiger charge is 2.55. The molecular formula is C31H34O4S. The minimum absolute atomic E-state index is 0.125. The number of esters is 1. The van der Waals surface area contributed by atoms with Crippen molar-refractivity contribution in [3.05, 3.63) is 106 Å². The van der Waals surface area contributed by atoms with Gasteiger partial charge in [0.05, 0.1) is 12.0 Å². The van der Waals surface area contributed by atoms with Crippen molar-refractivity contribution in [1.82, 2.24) is 0 Å². The summed E-state index contributed by atoms with van der Waals surface area (Å²) in [6, 6.07) is 23.8. The zero-order chi connectivity index (χ0) is 25.9. The fraction of sp³-hybridized carbons (Fsp3) is 0.355. The predicted molar refractivity (Wildman–Crippen MR) is 146 cm³/mol. The molecule has 3 aromatic carbocycles. The zero-order valence-electron chi connectivity index (χ0n) is 21.1. The number of ether oxygens (including phenoxy) is 1. The smallest absolute Gasteiger partial charge is 0.348 e. The number of hydrogen-bond donors (Lipinski definition) is 2. The number of hydrogen-bond acceptors (Lipinski definition) is 5. The first kappa shape index (κ1) is 26.2. The Balaban J connectivity index is 1.98. The molecule has 0 spiro atoms. The van der Waals surface area contributed by atoms with Crippen molar-refractivity contribution < 1.29 is 19.7 Å². The summed E-state index contributed by atoms with van der Waals surface area (Å²) in [4.78, 5) is 12.9. The van der Waals surface area contributed by atoms with Crippen LogP contribution >= 0.6 is 12.2 Å². The summed E-state index contributed by atoms with van der Waals surface area (Å²) < 4.78 is 6.27. The van der Waals surface area contributed by atoms with Gasteiger partial charge in [0, 0.05) is 0 Å². The van der Waals surface area contributed by atoms with Crippen molar-refractivity contribution in [1.29, 1.82) is 0 Å². The maximum Gasteiger partial charge on any atom is 0.348 e. The summed E-state index contributed by atoms with van der Waals surface area (Å²) >= 11 is 5.39. The molecule has 3 aromatic rings.